The van der Waals surface area contributed by atoms with Gasteiger partial charge in [0, 0.05) is 35.9 Å². The van der Waals surface area contributed by atoms with Gasteiger partial charge in [0.25, 0.3) is 0 Å². The number of carbonyl (C=O) groups excluding carboxylic acids is 1. The van der Waals surface area contributed by atoms with Crippen molar-refractivity contribution in [3.63, 3.8) is 0 Å². The van der Waals surface area contributed by atoms with E-state index in [1.165, 1.54) is 0 Å². The van der Waals surface area contributed by atoms with Crippen LogP contribution in [0, 0.1) is 11.6 Å². The van der Waals surface area contributed by atoms with Gasteiger partial charge in [-0.3, -0.25) is 9.82 Å². The summed E-state index contributed by atoms with van der Waals surface area (Å²) in [4.78, 5) is 11.8. The minimum absolute atomic E-state index is 0.00704. The first-order valence-corrected chi connectivity index (χ1v) is 11.7. The number of rotatable bonds is 7. The molecule has 2 atom stereocenters. The number of aromatic amines is 1. The fourth-order valence-electron chi connectivity index (χ4n) is 3.42. The van der Waals surface area contributed by atoms with Gasteiger partial charge in [-0.15, -0.1) is 0 Å². The molecule has 0 bridgehead atoms. The number of anilines is 3. The van der Waals surface area contributed by atoms with Gasteiger partial charge in [-0.25, -0.2) is 22.0 Å². The lowest BCUT2D eigenvalue weighted by molar-refractivity contribution is 0.0981. The summed E-state index contributed by atoms with van der Waals surface area (Å²) in [7, 11) is -3.74. The van der Waals surface area contributed by atoms with Crippen LogP contribution >= 0.6 is 0 Å². The minimum Gasteiger partial charge on any atom is -0.446 e. The number of benzene rings is 1. The summed E-state index contributed by atoms with van der Waals surface area (Å²) in [6.07, 6.45) is 2.32. The fraction of sp³-hybridized carbons (Fsp3) is 0.474. The Morgan fingerprint density at radius 1 is 1.19 bits per heavy atom. The molecule has 4 N–H and O–H groups in total. The van der Waals surface area contributed by atoms with Crippen LogP contribution in [0.25, 0.3) is 0 Å². The van der Waals surface area contributed by atoms with Crippen LogP contribution in [0.1, 0.15) is 44.7 Å². The first-order chi connectivity index (χ1) is 14.5. The highest BCUT2D eigenvalue weighted by Gasteiger charge is 2.30. The standard InChI is InChI=1S/C19H25F2N5O4S/c1-10(2)22-19(27)30-12-5-4-11(6-12)15-9-18(25-24-15)23-16-7-14(21)17(8-13(16)20)26-31(3,28)29/h7-12,26H,4-6H2,1-3H3,(H,22,27)(H2,23,24,25)/t11-,12+/m0/s1. The molecule has 1 saturated carbocycles. The number of nitrogens with one attached hydrogen (secondary N) is 4. The van der Waals surface area contributed by atoms with Crippen LogP contribution in [0.15, 0.2) is 18.2 Å². The zero-order chi connectivity index (χ0) is 22.8. The van der Waals surface area contributed by atoms with E-state index in [4.69, 9.17) is 4.74 Å². The van der Waals surface area contributed by atoms with Crippen LogP contribution in [0.3, 0.4) is 0 Å². The van der Waals surface area contributed by atoms with Gasteiger partial charge in [0.15, 0.2) is 5.82 Å². The van der Waals surface area contributed by atoms with E-state index in [1.807, 2.05) is 18.6 Å². The average Bonchev–Trinajstić information content (AvgIpc) is 3.26. The molecular formula is C19H25F2N5O4S. The molecule has 12 heteroatoms. The molecule has 0 unspecified atom stereocenters. The molecule has 0 saturated heterocycles. The van der Waals surface area contributed by atoms with Crippen molar-refractivity contribution in [1.82, 2.24) is 15.5 Å². The third kappa shape index (κ3) is 6.29. The van der Waals surface area contributed by atoms with Gasteiger partial charge in [-0.2, -0.15) is 5.10 Å². The number of halogens is 2. The molecule has 1 aromatic carbocycles. The molecule has 31 heavy (non-hydrogen) atoms. The quantitative estimate of drug-likeness (QED) is 0.504. The number of hydrogen-bond acceptors (Lipinski definition) is 6. The van der Waals surface area contributed by atoms with E-state index < -0.39 is 33.4 Å². The third-order valence-corrected chi connectivity index (χ3v) is 5.31. The SMILES string of the molecule is CC(C)NC(=O)O[C@@H]1CC[C@H](c2cc(Nc3cc(F)c(NS(C)(=O)=O)cc3F)n[nH]2)C1. The maximum atomic E-state index is 14.3. The Morgan fingerprint density at radius 3 is 2.55 bits per heavy atom. The van der Waals surface area contributed by atoms with Gasteiger partial charge >= 0.3 is 6.09 Å². The fourth-order valence-corrected chi connectivity index (χ4v) is 3.97. The van der Waals surface area contributed by atoms with Crippen molar-refractivity contribution >= 4 is 33.3 Å². The van der Waals surface area contributed by atoms with E-state index in [9.17, 15) is 22.0 Å². The zero-order valence-electron chi connectivity index (χ0n) is 17.3. The smallest absolute Gasteiger partial charge is 0.407 e. The van der Waals surface area contributed by atoms with Crippen molar-refractivity contribution in [2.75, 3.05) is 16.3 Å². The van der Waals surface area contributed by atoms with Crippen molar-refractivity contribution in [2.24, 2.45) is 0 Å². The number of carbonyl (C=O) groups is 1. The van der Waals surface area contributed by atoms with Crippen molar-refractivity contribution in [2.45, 2.75) is 51.2 Å². The number of H-pyrrole nitrogens is 1. The molecule has 1 aliphatic carbocycles. The Kier molecular flexibility index (Phi) is 6.68. The molecule has 0 spiro atoms. The Bertz CT molecular complexity index is 1060. The number of amides is 1. The van der Waals surface area contributed by atoms with Crippen molar-refractivity contribution in [1.29, 1.82) is 0 Å². The highest BCUT2D eigenvalue weighted by Crippen LogP contribution is 2.36. The first-order valence-electron chi connectivity index (χ1n) is 9.76. The average molecular weight is 458 g/mol. The molecule has 170 valence electrons. The summed E-state index contributed by atoms with van der Waals surface area (Å²) in [5.74, 6) is -1.41. The van der Waals surface area contributed by atoms with Gasteiger partial charge < -0.3 is 15.4 Å². The number of aromatic nitrogens is 2. The largest absolute Gasteiger partial charge is 0.446 e. The molecule has 1 aliphatic rings. The van der Waals surface area contributed by atoms with Crippen LogP contribution in [-0.4, -0.2) is 43.1 Å². The van der Waals surface area contributed by atoms with Crippen molar-refractivity contribution in [3.05, 3.63) is 35.5 Å². The molecule has 2 aromatic rings. The lowest BCUT2D eigenvalue weighted by Crippen LogP contribution is -2.33. The van der Waals surface area contributed by atoms with Gasteiger partial charge in [0.1, 0.15) is 17.7 Å². The summed E-state index contributed by atoms with van der Waals surface area (Å²) in [5.41, 5.74) is 0.119. The van der Waals surface area contributed by atoms with Crippen LogP contribution in [0.5, 0.6) is 0 Å². The van der Waals surface area contributed by atoms with Crippen LogP contribution in [-0.2, 0) is 14.8 Å². The highest BCUT2D eigenvalue weighted by atomic mass is 32.2. The summed E-state index contributed by atoms with van der Waals surface area (Å²) in [6.45, 7) is 3.70. The minimum atomic E-state index is -3.74. The second-order valence-corrected chi connectivity index (χ2v) is 9.60. The predicted octanol–water partition coefficient (Wildman–Crippen LogP) is 3.57. The summed E-state index contributed by atoms with van der Waals surface area (Å²) in [6, 6.07) is 3.28. The van der Waals surface area contributed by atoms with Crippen LogP contribution in [0.2, 0.25) is 0 Å². The van der Waals surface area contributed by atoms with Gasteiger partial charge in [-0.05, 0) is 33.1 Å². The number of hydrogen-bond donors (Lipinski definition) is 4. The summed E-state index contributed by atoms with van der Waals surface area (Å²) in [5, 5.41) is 12.3. The summed E-state index contributed by atoms with van der Waals surface area (Å²) < 4.78 is 58.2. The van der Waals surface area contributed by atoms with E-state index in [2.05, 4.69) is 20.8 Å². The predicted molar refractivity (Wildman–Crippen MR) is 112 cm³/mol. The Labute approximate surface area is 179 Å². The van der Waals surface area contributed by atoms with E-state index in [-0.39, 0.29) is 29.6 Å². The maximum Gasteiger partial charge on any atom is 0.407 e. The molecule has 1 aromatic heterocycles. The van der Waals surface area contributed by atoms with E-state index >= 15 is 0 Å². The third-order valence-electron chi connectivity index (χ3n) is 4.72. The topological polar surface area (TPSA) is 125 Å². The van der Waals surface area contributed by atoms with Gasteiger partial charge in [0.2, 0.25) is 10.0 Å². The van der Waals surface area contributed by atoms with E-state index in [1.54, 1.807) is 6.07 Å². The van der Waals surface area contributed by atoms with Crippen molar-refractivity contribution in [3.8, 4) is 0 Å². The number of ether oxygens (including phenoxy) is 1. The molecule has 1 fully saturated rings. The lowest BCUT2D eigenvalue weighted by atomic mass is 10.0. The molecule has 9 nitrogen and oxygen atoms in total. The number of nitrogens with zero attached hydrogens (tertiary/aromatic N) is 1. The molecule has 1 amide bonds. The van der Waals surface area contributed by atoms with Crippen LogP contribution < -0.4 is 15.4 Å². The Hall–Kier alpha value is -2.89. The van der Waals surface area contributed by atoms with E-state index in [0.717, 1.165) is 30.5 Å². The normalized spacial score (nSPS) is 18.8. The van der Waals surface area contributed by atoms with Gasteiger partial charge in [0.05, 0.1) is 17.6 Å². The maximum absolute atomic E-state index is 14.3. The molecular weight excluding hydrogens is 432 g/mol. The van der Waals surface area contributed by atoms with Gasteiger partial charge in [-0.1, -0.05) is 0 Å². The molecule has 3 rings (SSSR count). The lowest BCUT2D eigenvalue weighted by Gasteiger charge is -2.14. The molecule has 0 aliphatic heterocycles. The highest BCUT2D eigenvalue weighted by molar-refractivity contribution is 7.92. The Balaban J connectivity index is 1.63. The van der Waals surface area contributed by atoms with Crippen LogP contribution in [0.4, 0.5) is 30.8 Å². The Morgan fingerprint density at radius 2 is 1.87 bits per heavy atom. The number of alkyl carbamates (subject to hydrolysis) is 1. The summed E-state index contributed by atoms with van der Waals surface area (Å²) >= 11 is 0. The second kappa shape index (κ2) is 9.08. The monoisotopic (exact) mass is 457 g/mol. The van der Waals surface area contributed by atoms with Crippen molar-refractivity contribution < 1.29 is 26.7 Å². The zero-order valence-corrected chi connectivity index (χ0v) is 18.1. The molecule has 1 heterocycles. The second-order valence-electron chi connectivity index (χ2n) is 7.86. The number of sulfonamides is 1. The molecule has 0 radical (unpaired) electrons. The van der Waals surface area contributed by atoms with E-state index in [0.29, 0.717) is 12.8 Å². The first kappa shape index (κ1) is 22.8.